The van der Waals surface area contributed by atoms with Gasteiger partial charge in [0.15, 0.2) is 0 Å². The van der Waals surface area contributed by atoms with Crippen molar-refractivity contribution in [2.45, 2.75) is 58.3 Å². The first kappa shape index (κ1) is 12.9. The molecule has 0 heterocycles. The summed E-state index contributed by atoms with van der Waals surface area (Å²) in [4.78, 5) is 0. The Morgan fingerprint density at radius 2 is 2.07 bits per heavy atom. The molecule has 1 fully saturated rings. The highest BCUT2D eigenvalue weighted by molar-refractivity contribution is 4.80. The summed E-state index contributed by atoms with van der Waals surface area (Å²) < 4.78 is 11.2. The number of hydrogen-bond acceptors (Lipinski definition) is 3. The van der Waals surface area contributed by atoms with Crippen molar-refractivity contribution in [1.82, 2.24) is 5.32 Å². The third kappa shape index (κ3) is 5.50. The van der Waals surface area contributed by atoms with Gasteiger partial charge in [-0.2, -0.15) is 0 Å². The Labute approximate surface area is 93.5 Å². The number of ether oxygens (including phenoxy) is 2. The zero-order chi connectivity index (χ0) is 11.1. The molecule has 90 valence electrons. The molecule has 0 saturated heterocycles. The smallest absolute Gasteiger partial charge is 0.0704 e. The van der Waals surface area contributed by atoms with Gasteiger partial charge in [0.2, 0.25) is 0 Å². The van der Waals surface area contributed by atoms with Crippen LogP contribution in [0, 0.1) is 0 Å². The number of nitrogens with one attached hydrogen (secondary N) is 1. The van der Waals surface area contributed by atoms with Gasteiger partial charge in [-0.1, -0.05) is 6.92 Å². The largest absolute Gasteiger partial charge is 0.376 e. The summed E-state index contributed by atoms with van der Waals surface area (Å²) in [5, 5.41) is 3.47. The van der Waals surface area contributed by atoms with E-state index < -0.39 is 0 Å². The normalized spacial score (nSPS) is 26.4. The van der Waals surface area contributed by atoms with E-state index in [0.717, 1.165) is 26.2 Å². The molecule has 0 aliphatic heterocycles. The average molecular weight is 215 g/mol. The molecule has 3 nitrogen and oxygen atoms in total. The lowest BCUT2D eigenvalue weighted by Gasteiger charge is -2.14. The lowest BCUT2D eigenvalue weighted by molar-refractivity contribution is -0.0106. The molecule has 0 aromatic heterocycles. The highest BCUT2D eigenvalue weighted by atomic mass is 16.5. The topological polar surface area (TPSA) is 30.5 Å². The Morgan fingerprint density at radius 1 is 1.27 bits per heavy atom. The van der Waals surface area contributed by atoms with E-state index in [-0.39, 0.29) is 0 Å². The molecule has 0 spiro atoms. The minimum atomic E-state index is 0.312. The van der Waals surface area contributed by atoms with Crippen LogP contribution in [0.25, 0.3) is 0 Å². The van der Waals surface area contributed by atoms with Gasteiger partial charge in [0.1, 0.15) is 0 Å². The van der Waals surface area contributed by atoms with Crippen LogP contribution >= 0.6 is 0 Å². The molecule has 1 rings (SSSR count). The molecule has 0 amide bonds. The van der Waals surface area contributed by atoms with Gasteiger partial charge in [-0.05, 0) is 39.7 Å². The molecule has 1 aliphatic carbocycles. The lowest BCUT2D eigenvalue weighted by atomic mass is 10.2. The molecule has 0 aromatic carbocycles. The maximum atomic E-state index is 5.76. The lowest BCUT2D eigenvalue weighted by Crippen LogP contribution is -2.27. The summed E-state index contributed by atoms with van der Waals surface area (Å²) >= 11 is 0. The van der Waals surface area contributed by atoms with Crippen molar-refractivity contribution >= 4 is 0 Å². The first-order valence-corrected chi connectivity index (χ1v) is 6.19. The third-order valence-electron chi connectivity index (χ3n) is 2.77. The highest BCUT2D eigenvalue weighted by Gasteiger charge is 2.24. The Morgan fingerprint density at radius 3 is 2.73 bits per heavy atom. The van der Waals surface area contributed by atoms with Gasteiger partial charge in [-0.3, -0.25) is 0 Å². The Bertz CT molecular complexity index is 162. The minimum absolute atomic E-state index is 0.312. The molecule has 3 heteroatoms. The number of hydrogen-bond donors (Lipinski definition) is 1. The zero-order valence-electron chi connectivity index (χ0n) is 10.3. The van der Waals surface area contributed by atoms with E-state index in [4.69, 9.17) is 9.47 Å². The summed E-state index contributed by atoms with van der Waals surface area (Å²) in [7, 11) is 0. The van der Waals surface area contributed by atoms with Crippen LogP contribution in [0.4, 0.5) is 0 Å². The number of rotatable bonds is 7. The van der Waals surface area contributed by atoms with Crippen molar-refractivity contribution in [3.05, 3.63) is 0 Å². The summed E-state index contributed by atoms with van der Waals surface area (Å²) in [6, 6.07) is 0.672. The van der Waals surface area contributed by atoms with Gasteiger partial charge in [-0.25, -0.2) is 0 Å². The molecule has 2 atom stereocenters. The fourth-order valence-electron chi connectivity index (χ4n) is 2.06. The summed E-state index contributed by atoms with van der Waals surface area (Å²) in [6.45, 7) is 8.79. The van der Waals surface area contributed by atoms with Crippen LogP contribution in [0.2, 0.25) is 0 Å². The van der Waals surface area contributed by atoms with Crippen molar-refractivity contribution in [3.8, 4) is 0 Å². The van der Waals surface area contributed by atoms with Crippen LogP contribution < -0.4 is 5.32 Å². The van der Waals surface area contributed by atoms with Crippen LogP contribution in [0.15, 0.2) is 0 Å². The molecule has 1 aliphatic rings. The third-order valence-corrected chi connectivity index (χ3v) is 2.77. The Kier molecular flexibility index (Phi) is 6.22. The maximum Gasteiger partial charge on any atom is 0.0704 e. The first-order chi connectivity index (χ1) is 7.22. The molecule has 0 radical (unpaired) electrons. The fourth-order valence-corrected chi connectivity index (χ4v) is 2.06. The predicted molar refractivity (Wildman–Crippen MR) is 62.1 cm³/mol. The van der Waals surface area contributed by atoms with Gasteiger partial charge >= 0.3 is 0 Å². The van der Waals surface area contributed by atoms with Gasteiger partial charge in [0, 0.05) is 6.04 Å². The van der Waals surface area contributed by atoms with Crippen LogP contribution in [-0.2, 0) is 9.47 Å². The molecular weight excluding hydrogens is 190 g/mol. The molecule has 15 heavy (non-hydrogen) atoms. The van der Waals surface area contributed by atoms with Crippen molar-refractivity contribution in [2.75, 3.05) is 19.8 Å². The van der Waals surface area contributed by atoms with Crippen LogP contribution in [0.5, 0.6) is 0 Å². The van der Waals surface area contributed by atoms with Crippen molar-refractivity contribution in [3.63, 3.8) is 0 Å². The highest BCUT2D eigenvalue weighted by Crippen LogP contribution is 2.21. The second-order valence-corrected chi connectivity index (χ2v) is 4.48. The van der Waals surface area contributed by atoms with Gasteiger partial charge in [0.05, 0.1) is 25.4 Å². The molecular formula is C12H25NO2. The Hall–Kier alpha value is -0.120. The van der Waals surface area contributed by atoms with E-state index >= 15 is 0 Å². The summed E-state index contributed by atoms with van der Waals surface area (Å²) in [5.41, 5.74) is 0. The summed E-state index contributed by atoms with van der Waals surface area (Å²) in [6.07, 6.45) is 4.37. The molecule has 0 bridgehead atoms. The molecule has 1 saturated carbocycles. The average Bonchev–Trinajstić information content (AvgIpc) is 2.61. The zero-order valence-corrected chi connectivity index (χ0v) is 10.3. The molecule has 1 N–H and O–H groups in total. The van der Waals surface area contributed by atoms with Crippen molar-refractivity contribution in [1.29, 1.82) is 0 Å². The van der Waals surface area contributed by atoms with Gasteiger partial charge < -0.3 is 14.8 Å². The maximum absolute atomic E-state index is 5.76. The molecule has 2 unspecified atom stereocenters. The monoisotopic (exact) mass is 215 g/mol. The fraction of sp³-hybridized carbons (Fsp3) is 1.00. The van der Waals surface area contributed by atoms with E-state index in [9.17, 15) is 0 Å². The predicted octanol–water partition coefficient (Wildman–Crippen LogP) is 1.96. The van der Waals surface area contributed by atoms with Crippen LogP contribution in [0.3, 0.4) is 0 Å². The second kappa shape index (κ2) is 7.20. The Balaban J connectivity index is 1.99. The standard InChI is InChI=1S/C12H25NO2/c1-4-13-11-5-6-12(9-11)15-8-7-14-10(2)3/h10-13H,4-9H2,1-3H3. The minimum Gasteiger partial charge on any atom is -0.376 e. The first-order valence-electron chi connectivity index (χ1n) is 6.19. The SMILES string of the molecule is CCNC1CCC(OCCOC(C)C)C1. The van der Waals surface area contributed by atoms with E-state index in [1.54, 1.807) is 0 Å². The van der Waals surface area contributed by atoms with Crippen molar-refractivity contribution in [2.24, 2.45) is 0 Å². The summed E-state index contributed by atoms with van der Waals surface area (Å²) in [5.74, 6) is 0. The molecule has 0 aromatic rings. The van der Waals surface area contributed by atoms with Crippen molar-refractivity contribution < 1.29 is 9.47 Å². The van der Waals surface area contributed by atoms with Crippen LogP contribution in [0.1, 0.15) is 40.0 Å². The van der Waals surface area contributed by atoms with Crippen LogP contribution in [-0.4, -0.2) is 38.0 Å². The second-order valence-electron chi connectivity index (χ2n) is 4.48. The van der Waals surface area contributed by atoms with E-state index in [2.05, 4.69) is 26.1 Å². The quantitative estimate of drug-likeness (QED) is 0.659. The van der Waals surface area contributed by atoms with E-state index in [0.29, 0.717) is 18.2 Å². The van der Waals surface area contributed by atoms with E-state index in [1.165, 1.54) is 12.8 Å². The van der Waals surface area contributed by atoms with E-state index in [1.807, 2.05) is 0 Å². The van der Waals surface area contributed by atoms with Gasteiger partial charge in [-0.15, -0.1) is 0 Å². The van der Waals surface area contributed by atoms with Gasteiger partial charge in [0.25, 0.3) is 0 Å².